The van der Waals surface area contributed by atoms with Gasteiger partial charge in [0.1, 0.15) is 45.7 Å². The summed E-state index contributed by atoms with van der Waals surface area (Å²) in [6.45, 7) is 19.4. The molecule has 52 heavy (non-hydrogen) atoms. The Morgan fingerprint density at radius 1 is 0.615 bits per heavy atom. The third-order valence-electron chi connectivity index (χ3n) is 10.1. The topological polar surface area (TPSA) is 185 Å². The van der Waals surface area contributed by atoms with Gasteiger partial charge in [0.15, 0.2) is 12.1 Å². The molecule has 0 aromatic carbocycles. The highest BCUT2D eigenvalue weighted by Crippen LogP contribution is 2.30. The summed E-state index contributed by atoms with van der Waals surface area (Å²) in [5, 5.41) is 16.8. The molecule has 0 aliphatic carbocycles. The summed E-state index contributed by atoms with van der Waals surface area (Å²) in [5.74, 6) is -1.19. The Balaban J connectivity index is 1.55. The molecule has 16 heteroatoms. The number of carbonyl (C=O) groups excluding carboxylic acids is 4. The standard InChI is InChI=1S/C36H52N8O6S2/c1-11-17(7)25-33-43-27(19(9)49-33)31(47)39-24(16(5)6)36-38-22(14-52-36)30(46)42-26(18(8)12-2)34-44-28(20(10)50-34)32(48)40-23(15(3)4)35-37-21(13-51-35)29(45)41-25/h13-20,23-28H,11-12H2,1-10H3,(H,39,47)(H,40,48)(H,41,45)(H,42,46)/t17-,18-,19-,20-,23+,24+,25+,26+,27-,28-/m0/s1. The Labute approximate surface area is 313 Å². The maximum atomic E-state index is 13.8. The van der Waals surface area contributed by atoms with Gasteiger partial charge in [-0.05, 0) is 37.5 Å². The van der Waals surface area contributed by atoms with Gasteiger partial charge in [0.2, 0.25) is 23.6 Å². The fraction of sp³-hybridized carbons (Fsp3) is 0.667. The van der Waals surface area contributed by atoms with Crippen LogP contribution in [0, 0.1) is 23.7 Å². The molecule has 0 radical (unpaired) electrons. The summed E-state index contributed by atoms with van der Waals surface area (Å²) >= 11 is 2.57. The van der Waals surface area contributed by atoms with Crippen molar-refractivity contribution in [1.82, 2.24) is 31.2 Å². The Morgan fingerprint density at radius 2 is 0.981 bits per heavy atom. The quantitative estimate of drug-likeness (QED) is 0.330. The number of rotatable bonds is 6. The van der Waals surface area contributed by atoms with Crippen molar-refractivity contribution in [3.8, 4) is 0 Å². The van der Waals surface area contributed by atoms with Crippen LogP contribution >= 0.6 is 22.7 Å². The lowest BCUT2D eigenvalue weighted by molar-refractivity contribution is -0.125. The molecule has 4 N–H and O–H groups in total. The van der Waals surface area contributed by atoms with Crippen molar-refractivity contribution in [3.63, 3.8) is 0 Å². The maximum Gasteiger partial charge on any atom is 0.271 e. The predicted molar refractivity (Wildman–Crippen MR) is 201 cm³/mol. The first-order valence-corrected chi connectivity index (χ1v) is 20.0. The molecule has 5 heterocycles. The van der Waals surface area contributed by atoms with E-state index in [-0.39, 0.29) is 58.7 Å². The lowest BCUT2D eigenvalue weighted by Crippen LogP contribution is -2.46. The van der Waals surface area contributed by atoms with Crippen molar-refractivity contribution >= 4 is 58.1 Å². The van der Waals surface area contributed by atoms with Gasteiger partial charge >= 0.3 is 0 Å². The van der Waals surface area contributed by atoms with Gasteiger partial charge in [-0.15, -0.1) is 22.7 Å². The number of thiazole rings is 2. The minimum atomic E-state index is -0.857. The van der Waals surface area contributed by atoms with Crippen molar-refractivity contribution in [3.05, 3.63) is 32.2 Å². The van der Waals surface area contributed by atoms with E-state index in [9.17, 15) is 19.2 Å². The van der Waals surface area contributed by atoms with Gasteiger partial charge in [0.25, 0.3) is 11.8 Å². The zero-order valence-electron chi connectivity index (χ0n) is 31.6. The number of hydrogen-bond acceptors (Lipinski definition) is 12. The van der Waals surface area contributed by atoms with Gasteiger partial charge in [-0.3, -0.25) is 19.2 Å². The summed E-state index contributed by atoms with van der Waals surface area (Å²) in [5.41, 5.74) is 0.410. The highest BCUT2D eigenvalue weighted by Gasteiger charge is 2.42. The molecule has 3 aliphatic rings. The van der Waals surface area contributed by atoms with E-state index in [2.05, 4.69) is 31.2 Å². The second kappa shape index (κ2) is 16.4. The Morgan fingerprint density at radius 3 is 1.31 bits per heavy atom. The summed E-state index contributed by atoms with van der Waals surface area (Å²) in [4.78, 5) is 73.7. The Bertz CT molecular complexity index is 1580. The van der Waals surface area contributed by atoms with Crippen LogP contribution in [-0.4, -0.2) is 81.8 Å². The van der Waals surface area contributed by atoms with E-state index < -0.39 is 60.3 Å². The Hall–Kier alpha value is -3.92. The first kappa shape index (κ1) is 39.3. The fourth-order valence-electron chi connectivity index (χ4n) is 6.28. The van der Waals surface area contributed by atoms with E-state index in [0.29, 0.717) is 22.9 Å². The molecule has 0 unspecified atom stereocenters. The molecule has 10 atom stereocenters. The fourth-order valence-corrected chi connectivity index (χ4v) is 8.32. The molecule has 2 aromatic rings. The number of aliphatic imine (C=N–C) groups is 2. The second-order valence-corrected chi connectivity index (χ2v) is 16.5. The molecular formula is C36H52N8O6S2. The van der Waals surface area contributed by atoms with E-state index in [1.54, 1.807) is 24.6 Å². The van der Waals surface area contributed by atoms with Gasteiger partial charge in [-0.1, -0.05) is 68.2 Å². The van der Waals surface area contributed by atoms with Crippen LogP contribution in [0.25, 0.3) is 0 Å². The van der Waals surface area contributed by atoms with E-state index in [1.807, 2.05) is 55.4 Å². The highest BCUT2D eigenvalue weighted by molar-refractivity contribution is 7.10. The number of fused-ring (bicyclic) bond motifs is 6. The molecule has 14 nitrogen and oxygen atoms in total. The SMILES string of the molecule is CC[C@H](C)[C@H]1NC(=O)c2csc(n2)[C@@H](C(C)C)NC(=O)[C@H]2N=C(O[C@H]2C)[C@@H]([C@@H](C)CC)NC(=O)c2csc(n2)[C@@H](C(C)C)NC(=O)[C@H]2N=C1O[C@H]2C. The van der Waals surface area contributed by atoms with Crippen LogP contribution in [0.15, 0.2) is 20.7 Å². The normalized spacial score (nSPS) is 29.8. The molecule has 8 bridgehead atoms. The first-order chi connectivity index (χ1) is 24.6. The van der Waals surface area contributed by atoms with Crippen LogP contribution in [0.4, 0.5) is 0 Å². The summed E-state index contributed by atoms with van der Waals surface area (Å²) < 4.78 is 12.3. The van der Waals surface area contributed by atoms with Crippen molar-refractivity contribution in [2.75, 3.05) is 0 Å². The average Bonchev–Trinajstić information content (AvgIpc) is 3.92. The Kier molecular flexibility index (Phi) is 12.4. The van der Waals surface area contributed by atoms with Crippen LogP contribution in [0.1, 0.15) is 125 Å². The number of carbonyl (C=O) groups is 4. The van der Waals surface area contributed by atoms with Crippen LogP contribution in [0.3, 0.4) is 0 Å². The molecule has 0 saturated carbocycles. The van der Waals surface area contributed by atoms with Crippen molar-refractivity contribution in [1.29, 1.82) is 0 Å². The summed E-state index contributed by atoms with van der Waals surface area (Å²) in [7, 11) is 0. The van der Waals surface area contributed by atoms with Crippen LogP contribution in [0.2, 0.25) is 0 Å². The molecule has 284 valence electrons. The monoisotopic (exact) mass is 756 g/mol. The summed E-state index contributed by atoms with van der Waals surface area (Å²) in [6.07, 6.45) is 0.257. The number of aromatic nitrogens is 2. The molecule has 2 aromatic heterocycles. The van der Waals surface area contributed by atoms with Crippen LogP contribution in [-0.2, 0) is 19.1 Å². The minimum Gasteiger partial charge on any atom is -0.474 e. The number of nitrogens with zero attached hydrogens (tertiary/aromatic N) is 4. The lowest BCUT2D eigenvalue weighted by atomic mass is 9.98. The number of hydrogen-bond donors (Lipinski definition) is 4. The molecule has 0 spiro atoms. The maximum absolute atomic E-state index is 13.8. The summed E-state index contributed by atoms with van der Waals surface area (Å²) in [6, 6.07) is -3.92. The molecule has 0 fully saturated rings. The highest BCUT2D eigenvalue weighted by atomic mass is 32.1. The molecular weight excluding hydrogens is 705 g/mol. The number of nitrogens with one attached hydrogen (secondary N) is 4. The zero-order valence-corrected chi connectivity index (χ0v) is 33.2. The van der Waals surface area contributed by atoms with Gasteiger partial charge in [-0.25, -0.2) is 20.0 Å². The van der Waals surface area contributed by atoms with Gasteiger partial charge in [-0.2, -0.15) is 0 Å². The third kappa shape index (κ3) is 8.32. The van der Waals surface area contributed by atoms with E-state index in [1.165, 1.54) is 22.7 Å². The first-order valence-electron chi connectivity index (χ1n) is 18.2. The van der Waals surface area contributed by atoms with Gasteiger partial charge in [0.05, 0.1) is 12.1 Å². The van der Waals surface area contributed by atoms with Crippen molar-refractivity contribution in [2.24, 2.45) is 33.7 Å². The van der Waals surface area contributed by atoms with Crippen LogP contribution < -0.4 is 21.3 Å². The number of amides is 4. The third-order valence-corrected chi connectivity index (χ3v) is 11.9. The van der Waals surface area contributed by atoms with Crippen LogP contribution in [0.5, 0.6) is 0 Å². The minimum absolute atomic E-state index is 0.0604. The van der Waals surface area contributed by atoms with Crippen molar-refractivity contribution < 1.29 is 28.7 Å². The van der Waals surface area contributed by atoms with E-state index in [4.69, 9.17) is 19.5 Å². The zero-order chi connectivity index (χ0) is 38.0. The molecule has 5 rings (SSSR count). The molecule has 3 aliphatic heterocycles. The molecule has 4 amide bonds. The predicted octanol–water partition coefficient (Wildman–Crippen LogP) is 4.60. The van der Waals surface area contributed by atoms with Gasteiger partial charge < -0.3 is 30.7 Å². The van der Waals surface area contributed by atoms with Gasteiger partial charge in [0, 0.05) is 10.8 Å². The second-order valence-electron chi connectivity index (χ2n) is 14.7. The lowest BCUT2D eigenvalue weighted by Gasteiger charge is -2.24. The van der Waals surface area contributed by atoms with Crippen molar-refractivity contribution in [2.45, 2.75) is 131 Å². The number of ether oxygens (including phenoxy) is 2. The average molecular weight is 757 g/mol. The van der Waals surface area contributed by atoms with E-state index >= 15 is 0 Å². The largest absolute Gasteiger partial charge is 0.474 e. The smallest absolute Gasteiger partial charge is 0.271 e. The molecule has 0 saturated heterocycles. The van der Waals surface area contributed by atoms with E-state index in [0.717, 1.165) is 0 Å².